The quantitative estimate of drug-likeness (QED) is 0.607. The van der Waals surface area contributed by atoms with E-state index in [0.29, 0.717) is 12.1 Å². The molecule has 1 aromatic heterocycles. The maximum atomic E-state index is 13.9. The molecule has 0 fully saturated rings. The number of rotatable bonds is 4. The van der Waals surface area contributed by atoms with Crippen molar-refractivity contribution in [1.29, 1.82) is 0 Å². The van der Waals surface area contributed by atoms with E-state index in [4.69, 9.17) is 0 Å². The minimum atomic E-state index is -0.176. The molecule has 0 saturated heterocycles. The van der Waals surface area contributed by atoms with Crippen LogP contribution in [-0.4, -0.2) is 0 Å². The summed E-state index contributed by atoms with van der Waals surface area (Å²) < 4.78 is 15.0. The van der Waals surface area contributed by atoms with Crippen molar-refractivity contribution in [1.82, 2.24) is 0 Å². The third kappa shape index (κ3) is 3.52. The van der Waals surface area contributed by atoms with Crippen LogP contribution in [0.5, 0.6) is 0 Å². The highest BCUT2D eigenvalue weighted by molar-refractivity contribution is 9.10. The SMILES string of the molecule is Fc1ccc(CNc2ccc(Br)cc2)cc1-c1cccs1. The molecule has 0 atom stereocenters. The average molecular weight is 362 g/mol. The van der Waals surface area contributed by atoms with Gasteiger partial charge in [-0.3, -0.25) is 0 Å². The van der Waals surface area contributed by atoms with Crippen molar-refractivity contribution < 1.29 is 4.39 Å². The fraction of sp³-hybridized carbons (Fsp3) is 0.0588. The van der Waals surface area contributed by atoms with E-state index in [1.807, 2.05) is 53.9 Å². The van der Waals surface area contributed by atoms with Crippen LogP contribution in [0.15, 0.2) is 64.5 Å². The minimum absolute atomic E-state index is 0.176. The lowest BCUT2D eigenvalue weighted by atomic mass is 10.1. The molecule has 0 radical (unpaired) electrons. The van der Waals surface area contributed by atoms with Gasteiger partial charge in [-0.1, -0.05) is 28.1 Å². The van der Waals surface area contributed by atoms with E-state index in [-0.39, 0.29) is 5.82 Å². The monoisotopic (exact) mass is 361 g/mol. The summed E-state index contributed by atoms with van der Waals surface area (Å²) >= 11 is 4.96. The van der Waals surface area contributed by atoms with Crippen molar-refractivity contribution in [2.24, 2.45) is 0 Å². The number of anilines is 1. The van der Waals surface area contributed by atoms with E-state index in [2.05, 4.69) is 21.2 Å². The van der Waals surface area contributed by atoms with Crippen LogP contribution < -0.4 is 5.32 Å². The molecule has 0 aliphatic rings. The zero-order chi connectivity index (χ0) is 14.7. The van der Waals surface area contributed by atoms with Crippen molar-refractivity contribution in [3.63, 3.8) is 0 Å². The molecule has 0 amide bonds. The number of benzene rings is 2. The Morgan fingerprint density at radius 3 is 2.57 bits per heavy atom. The summed E-state index contributed by atoms with van der Waals surface area (Å²) in [5.41, 5.74) is 2.77. The molecule has 0 bridgehead atoms. The Morgan fingerprint density at radius 1 is 1.05 bits per heavy atom. The topological polar surface area (TPSA) is 12.0 Å². The molecule has 3 aromatic rings. The van der Waals surface area contributed by atoms with Gasteiger partial charge in [-0.15, -0.1) is 11.3 Å². The van der Waals surface area contributed by atoms with Crippen molar-refractivity contribution >= 4 is 33.0 Å². The Hall–Kier alpha value is -1.65. The standard InChI is InChI=1S/C17H13BrFNS/c18-13-4-6-14(7-5-13)20-11-12-3-8-16(19)15(10-12)17-2-1-9-21-17/h1-10,20H,11H2. The number of hydrogen-bond acceptors (Lipinski definition) is 2. The van der Waals surface area contributed by atoms with Gasteiger partial charge < -0.3 is 5.32 Å². The molecular weight excluding hydrogens is 349 g/mol. The lowest BCUT2D eigenvalue weighted by Gasteiger charge is -2.09. The van der Waals surface area contributed by atoms with E-state index in [1.165, 1.54) is 6.07 Å². The molecule has 0 saturated carbocycles. The summed E-state index contributed by atoms with van der Waals surface area (Å²) in [6, 6.07) is 17.1. The van der Waals surface area contributed by atoms with E-state index >= 15 is 0 Å². The summed E-state index contributed by atoms with van der Waals surface area (Å²) in [6.45, 7) is 0.667. The van der Waals surface area contributed by atoms with Crippen LogP contribution in [0.3, 0.4) is 0 Å². The van der Waals surface area contributed by atoms with Gasteiger partial charge in [-0.25, -0.2) is 4.39 Å². The Bertz CT molecular complexity index is 723. The van der Waals surface area contributed by atoms with Crippen LogP contribution in [0, 0.1) is 5.82 Å². The van der Waals surface area contributed by atoms with Crippen LogP contribution in [0.4, 0.5) is 10.1 Å². The van der Waals surface area contributed by atoms with Gasteiger partial charge in [0, 0.05) is 27.1 Å². The summed E-state index contributed by atoms with van der Waals surface area (Å²) in [6.07, 6.45) is 0. The second-order valence-electron chi connectivity index (χ2n) is 4.65. The Balaban J connectivity index is 1.77. The van der Waals surface area contributed by atoms with Gasteiger partial charge in [-0.05, 0) is 53.4 Å². The van der Waals surface area contributed by atoms with Crippen LogP contribution in [0.2, 0.25) is 0 Å². The van der Waals surface area contributed by atoms with E-state index in [0.717, 1.165) is 20.6 Å². The minimum Gasteiger partial charge on any atom is -0.381 e. The Morgan fingerprint density at radius 2 is 1.86 bits per heavy atom. The van der Waals surface area contributed by atoms with Crippen molar-refractivity contribution in [2.75, 3.05) is 5.32 Å². The number of nitrogens with one attached hydrogen (secondary N) is 1. The highest BCUT2D eigenvalue weighted by Crippen LogP contribution is 2.28. The molecule has 1 heterocycles. The first-order valence-electron chi connectivity index (χ1n) is 6.54. The molecular formula is C17H13BrFNS. The van der Waals surface area contributed by atoms with E-state index < -0.39 is 0 Å². The van der Waals surface area contributed by atoms with E-state index in [9.17, 15) is 4.39 Å². The summed E-state index contributed by atoms with van der Waals surface area (Å²) in [5.74, 6) is -0.176. The van der Waals surface area contributed by atoms with Crippen molar-refractivity contribution in [3.05, 3.63) is 75.8 Å². The fourth-order valence-corrected chi connectivity index (χ4v) is 3.08. The first-order chi connectivity index (χ1) is 10.2. The second kappa shape index (κ2) is 6.41. The second-order valence-corrected chi connectivity index (χ2v) is 6.52. The number of thiophene rings is 1. The first-order valence-corrected chi connectivity index (χ1v) is 8.21. The lowest BCUT2D eigenvalue weighted by molar-refractivity contribution is 0.631. The average Bonchev–Trinajstić information content (AvgIpc) is 3.02. The Labute approximate surface area is 135 Å². The number of hydrogen-bond donors (Lipinski definition) is 1. The maximum Gasteiger partial charge on any atom is 0.131 e. The first kappa shape index (κ1) is 14.3. The number of halogens is 2. The summed E-state index contributed by atoms with van der Waals surface area (Å²) in [4.78, 5) is 0.956. The van der Waals surface area contributed by atoms with Crippen molar-refractivity contribution in [3.8, 4) is 10.4 Å². The largest absolute Gasteiger partial charge is 0.381 e. The fourth-order valence-electron chi connectivity index (χ4n) is 2.07. The molecule has 1 N–H and O–H groups in total. The molecule has 0 aliphatic heterocycles. The molecule has 1 nitrogen and oxygen atoms in total. The van der Waals surface area contributed by atoms with Gasteiger partial charge in [0.1, 0.15) is 5.82 Å². The third-order valence-electron chi connectivity index (χ3n) is 3.16. The van der Waals surface area contributed by atoms with Crippen LogP contribution in [0.25, 0.3) is 10.4 Å². The summed E-state index contributed by atoms with van der Waals surface area (Å²) in [7, 11) is 0. The molecule has 21 heavy (non-hydrogen) atoms. The highest BCUT2D eigenvalue weighted by Gasteiger charge is 2.07. The molecule has 3 rings (SSSR count). The molecule has 4 heteroatoms. The Kier molecular flexibility index (Phi) is 4.36. The van der Waals surface area contributed by atoms with Gasteiger partial charge >= 0.3 is 0 Å². The zero-order valence-corrected chi connectivity index (χ0v) is 13.5. The van der Waals surface area contributed by atoms with Crippen molar-refractivity contribution in [2.45, 2.75) is 6.54 Å². The third-order valence-corrected chi connectivity index (χ3v) is 4.59. The predicted octanol–water partition coefficient (Wildman–Crippen LogP) is 5.93. The molecule has 0 unspecified atom stereocenters. The predicted molar refractivity (Wildman–Crippen MR) is 91.2 cm³/mol. The molecule has 2 aromatic carbocycles. The zero-order valence-electron chi connectivity index (χ0n) is 11.1. The van der Waals surface area contributed by atoms with E-state index in [1.54, 1.807) is 11.3 Å². The van der Waals surface area contributed by atoms with Gasteiger partial charge in [-0.2, -0.15) is 0 Å². The lowest BCUT2D eigenvalue weighted by Crippen LogP contribution is -1.99. The van der Waals surface area contributed by atoms with Crippen LogP contribution >= 0.6 is 27.3 Å². The smallest absolute Gasteiger partial charge is 0.131 e. The molecule has 0 aliphatic carbocycles. The van der Waals surface area contributed by atoms with Gasteiger partial charge in [0.2, 0.25) is 0 Å². The highest BCUT2D eigenvalue weighted by atomic mass is 79.9. The molecule has 106 valence electrons. The van der Waals surface area contributed by atoms with Gasteiger partial charge in [0.25, 0.3) is 0 Å². The maximum absolute atomic E-state index is 13.9. The normalized spacial score (nSPS) is 10.6. The molecule has 0 spiro atoms. The summed E-state index contributed by atoms with van der Waals surface area (Å²) in [5, 5.41) is 5.30. The van der Waals surface area contributed by atoms with Crippen LogP contribution in [0.1, 0.15) is 5.56 Å². The van der Waals surface area contributed by atoms with Crippen LogP contribution in [-0.2, 0) is 6.54 Å². The van der Waals surface area contributed by atoms with Gasteiger partial charge in [0.05, 0.1) is 0 Å². The van der Waals surface area contributed by atoms with Gasteiger partial charge in [0.15, 0.2) is 0 Å².